The highest BCUT2D eigenvalue weighted by molar-refractivity contribution is 9.10. The molecule has 1 atom stereocenters. The van der Waals surface area contributed by atoms with E-state index in [-0.39, 0.29) is 11.3 Å². The molecule has 162 valence electrons. The highest BCUT2D eigenvalue weighted by Gasteiger charge is 2.47. The number of nitrogens with zero attached hydrogens (tertiary/aromatic N) is 1. The molecule has 3 aromatic rings. The fourth-order valence-corrected chi connectivity index (χ4v) is 4.05. The Labute approximate surface area is 193 Å². The number of rotatable bonds is 5. The van der Waals surface area contributed by atoms with Crippen molar-refractivity contribution in [2.24, 2.45) is 0 Å². The molecule has 1 heterocycles. The van der Waals surface area contributed by atoms with Gasteiger partial charge in [0.25, 0.3) is 11.7 Å². The number of anilines is 1. The van der Waals surface area contributed by atoms with Gasteiger partial charge in [0, 0.05) is 15.7 Å². The first-order valence-corrected chi connectivity index (χ1v) is 10.6. The molecule has 6 nitrogen and oxygen atoms in total. The number of hydrogen-bond acceptors (Lipinski definition) is 5. The van der Waals surface area contributed by atoms with Crippen molar-refractivity contribution in [3.63, 3.8) is 0 Å². The molecule has 7 heteroatoms. The molecule has 1 aliphatic rings. The van der Waals surface area contributed by atoms with Crippen LogP contribution in [-0.2, 0) is 9.59 Å². The van der Waals surface area contributed by atoms with Gasteiger partial charge in [-0.2, -0.15) is 0 Å². The van der Waals surface area contributed by atoms with Gasteiger partial charge in [0.1, 0.15) is 5.76 Å². The van der Waals surface area contributed by atoms with Gasteiger partial charge in [0.15, 0.2) is 11.5 Å². The maximum atomic E-state index is 13.2. The Hall–Kier alpha value is -3.58. The van der Waals surface area contributed by atoms with Gasteiger partial charge >= 0.3 is 0 Å². The maximum absolute atomic E-state index is 13.2. The summed E-state index contributed by atoms with van der Waals surface area (Å²) in [6.07, 6.45) is 0. The number of carbonyl (C=O) groups is 2. The number of carbonyl (C=O) groups excluding carboxylic acids is 2. The number of benzene rings is 3. The monoisotopic (exact) mass is 493 g/mol. The Morgan fingerprint density at radius 3 is 2.19 bits per heavy atom. The van der Waals surface area contributed by atoms with E-state index in [2.05, 4.69) is 15.9 Å². The number of amides is 1. The lowest BCUT2D eigenvalue weighted by molar-refractivity contribution is -0.132. The minimum atomic E-state index is -0.851. The lowest BCUT2D eigenvalue weighted by Gasteiger charge is -2.26. The first-order valence-electron chi connectivity index (χ1n) is 9.80. The molecule has 0 radical (unpaired) electrons. The Morgan fingerprint density at radius 1 is 0.906 bits per heavy atom. The smallest absolute Gasteiger partial charge is 0.300 e. The number of ketones is 1. The fourth-order valence-electron chi connectivity index (χ4n) is 3.79. The van der Waals surface area contributed by atoms with Crippen molar-refractivity contribution in [1.29, 1.82) is 0 Å². The van der Waals surface area contributed by atoms with E-state index in [1.165, 1.54) is 19.1 Å². The van der Waals surface area contributed by atoms with Gasteiger partial charge in [-0.25, -0.2) is 0 Å². The van der Waals surface area contributed by atoms with Crippen LogP contribution < -0.4 is 14.4 Å². The van der Waals surface area contributed by atoms with Crippen molar-refractivity contribution in [3.05, 3.63) is 94.0 Å². The van der Waals surface area contributed by atoms with E-state index < -0.39 is 17.7 Å². The molecule has 0 spiro atoms. The Kier molecular flexibility index (Phi) is 6.01. The number of halogens is 1. The molecular formula is C25H20BrNO5. The van der Waals surface area contributed by atoms with Crippen LogP contribution in [0, 0.1) is 0 Å². The Bertz CT molecular complexity index is 1200. The number of aliphatic hydroxyl groups is 1. The molecule has 4 rings (SSSR count). The van der Waals surface area contributed by atoms with E-state index in [0.717, 1.165) is 4.47 Å². The molecule has 3 aromatic carbocycles. The fraction of sp³-hybridized carbons (Fsp3) is 0.120. The average molecular weight is 494 g/mol. The Morgan fingerprint density at radius 2 is 1.56 bits per heavy atom. The van der Waals surface area contributed by atoms with Crippen molar-refractivity contribution in [2.75, 3.05) is 19.1 Å². The average Bonchev–Trinajstić information content (AvgIpc) is 3.09. The first-order chi connectivity index (χ1) is 15.5. The summed E-state index contributed by atoms with van der Waals surface area (Å²) in [4.78, 5) is 27.7. The number of Topliss-reactive ketones (excluding diaryl/α,β-unsaturated/α-hetero) is 1. The lowest BCUT2D eigenvalue weighted by atomic mass is 9.94. The van der Waals surface area contributed by atoms with Gasteiger partial charge in [-0.1, -0.05) is 52.3 Å². The van der Waals surface area contributed by atoms with Gasteiger partial charge in [-0.3, -0.25) is 14.5 Å². The summed E-state index contributed by atoms with van der Waals surface area (Å²) in [6, 6.07) is 20.1. The molecule has 0 bridgehead atoms. The summed E-state index contributed by atoms with van der Waals surface area (Å²) in [5.74, 6) is -0.743. The highest BCUT2D eigenvalue weighted by atomic mass is 79.9. The van der Waals surface area contributed by atoms with Crippen LogP contribution >= 0.6 is 15.9 Å². The molecule has 0 aliphatic carbocycles. The third-order valence-electron chi connectivity index (χ3n) is 5.32. The summed E-state index contributed by atoms with van der Waals surface area (Å²) >= 11 is 3.39. The predicted molar refractivity (Wildman–Crippen MR) is 125 cm³/mol. The second-order valence-corrected chi connectivity index (χ2v) is 8.04. The molecule has 0 saturated carbocycles. The van der Waals surface area contributed by atoms with E-state index in [4.69, 9.17) is 9.47 Å². The van der Waals surface area contributed by atoms with Gasteiger partial charge in [0.2, 0.25) is 0 Å². The van der Waals surface area contributed by atoms with Crippen molar-refractivity contribution >= 4 is 39.1 Å². The zero-order valence-corrected chi connectivity index (χ0v) is 19.0. The van der Waals surface area contributed by atoms with Gasteiger partial charge in [-0.05, 0) is 42.0 Å². The highest BCUT2D eigenvalue weighted by Crippen LogP contribution is 2.44. The van der Waals surface area contributed by atoms with Crippen LogP contribution in [0.4, 0.5) is 5.69 Å². The number of aliphatic hydroxyl groups excluding tert-OH is 1. The molecular weight excluding hydrogens is 474 g/mol. The van der Waals surface area contributed by atoms with Crippen molar-refractivity contribution in [2.45, 2.75) is 6.04 Å². The standard InChI is InChI=1S/C25H20BrNO5/c1-31-19-13-8-16(14-20(19)32-2)22-21(23(28)15-6-4-3-5-7-15)24(29)25(30)27(22)18-11-9-17(26)10-12-18/h3-14,22,28H,1-2H3. The predicted octanol–water partition coefficient (Wildman–Crippen LogP) is 5.09. The normalized spacial score (nSPS) is 17.5. The molecule has 1 fully saturated rings. The zero-order chi connectivity index (χ0) is 22.8. The summed E-state index contributed by atoms with van der Waals surface area (Å²) in [5, 5.41) is 11.1. The maximum Gasteiger partial charge on any atom is 0.300 e. The number of methoxy groups -OCH3 is 2. The minimum Gasteiger partial charge on any atom is -0.507 e. The molecule has 1 amide bonds. The Balaban J connectivity index is 1.96. The summed E-state index contributed by atoms with van der Waals surface area (Å²) < 4.78 is 11.6. The van der Waals surface area contributed by atoms with Gasteiger partial charge in [-0.15, -0.1) is 0 Å². The first kappa shape index (κ1) is 21.6. The van der Waals surface area contributed by atoms with Crippen LogP contribution in [0.3, 0.4) is 0 Å². The van der Waals surface area contributed by atoms with Crippen molar-refractivity contribution < 1.29 is 24.2 Å². The number of ether oxygens (including phenoxy) is 2. The van der Waals surface area contributed by atoms with E-state index in [1.54, 1.807) is 66.7 Å². The molecule has 1 aliphatic heterocycles. The van der Waals surface area contributed by atoms with Crippen LogP contribution in [0.15, 0.2) is 82.8 Å². The van der Waals surface area contributed by atoms with Crippen LogP contribution in [0.5, 0.6) is 11.5 Å². The second kappa shape index (κ2) is 8.88. The molecule has 0 aromatic heterocycles. The number of hydrogen-bond donors (Lipinski definition) is 1. The van der Waals surface area contributed by atoms with E-state index in [9.17, 15) is 14.7 Å². The van der Waals surface area contributed by atoms with Crippen molar-refractivity contribution in [3.8, 4) is 11.5 Å². The summed E-state index contributed by atoms with van der Waals surface area (Å²) in [6.45, 7) is 0. The summed E-state index contributed by atoms with van der Waals surface area (Å²) in [5.41, 5.74) is 1.59. The van der Waals surface area contributed by atoms with Crippen LogP contribution in [0.2, 0.25) is 0 Å². The summed E-state index contributed by atoms with van der Waals surface area (Å²) in [7, 11) is 3.04. The molecule has 32 heavy (non-hydrogen) atoms. The van der Waals surface area contributed by atoms with Crippen molar-refractivity contribution in [1.82, 2.24) is 0 Å². The molecule has 1 saturated heterocycles. The third-order valence-corrected chi connectivity index (χ3v) is 5.85. The van der Waals surface area contributed by atoms with Gasteiger partial charge < -0.3 is 14.6 Å². The largest absolute Gasteiger partial charge is 0.507 e. The molecule has 1 N–H and O–H groups in total. The quantitative estimate of drug-likeness (QED) is 0.304. The minimum absolute atomic E-state index is 0.0105. The van der Waals surface area contributed by atoms with E-state index in [0.29, 0.717) is 28.3 Å². The topological polar surface area (TPSA) is 76.1 Å². The second-order valence-electron chi connectivity index (χ2n) is 7.13. The third kappa shape index (κ3) is 3.76. The van der Waals surface area contributed by atoms with E-state index in [1.807, 2.05) is 6.07 Å². The van der Waals surface area contributed by atoms with Crippen LogP contribution in [0.1, 0.15) is 17.2 Å². The van der Waals surface area contributed by atoms with Gasteiger partial charge in [0.05, 0.1) is 25.8 Å². The van der Waals surface area contributed by atoms with Crippen LogP contribution in [-0.4, -0.2) is 31.0 Å². The van der Waals surface area contributed by atoms with Crippen LogP contribution in [0.25, 0.3) is 5.76 Å². The zero-order valence-electron chi connectivity index (χ0n) is 17.4. The lowest BCUT2D eigenvalue weighted by Crippen LogP contribution is -2.29. The van der Waals surface area contributed by atoms with E-state index >= 15 is 0 Å². The molecule has 1 unspecified atom stereocenters. The SMILES string of the molecule is COc1ccc(C2C(=C(O)c3ccccc3)C(=O)C(=O)N2c2ccc(Br)cc2)cc1OC.